The largest absolute Gasteiger partial charge is 0.462 e. The Morgan fingerprint density at radius 2 is 2.10 bits per heavy atom. The molecule has 1 aliphatic rings. The molecule has 0 aliphatic heterocycles. The number of aromatic nitrogens is 4. The van der Waals surface area contributed by atoms with Gasteiger partial charge in [-0.25, -0.2) is 14.5 Å². The Bertz CT molecular complexity index is 1080. The number of amides is 1. The van der Waals surface area contributed by atoms with E-state index in [1.165, 1.54) is 4.68 Å². The molecule has 29 heavy (non-hydrogen) atoms. The quantitative estimate of drug-likeness (QED) is 0.553. The molecule has 0 saturated heterocycles. The number of hydrogen-bond acceptors (Lipinski definition) is 7. The molecule has 4 rings (SSSR count). The van der Waals surface area contributed by atoms with Crippen LogP contribution in [0.4, 0.5) is 5.13 Å². The summed E-state index contributed by atoms with van der Waals surface area (Å²) in [5.41, 5.74) is 1.36. The summed E-state index contributed by atoms with van der Waals surface area (Å²) in [6, 6.07) is 7.21. The third-order valence-corrected chi connectivity index (χ3v) is 5.85. The summed E-state index contributed by atoms with van der Waals surface area (Å²) in [6.07, 6.45) is 3.29. The van der Waals surface area contributed by atoms with Gasteiger partial charge >= 0.3 is 5.97 Å². The average molecular weight is 432 g/mol. The van der Waals surface area contributed by atoms with Gasteiger partial charge in [0.1, 0.15) is 4.88 Å². The third kappa shape index (κ3) is 3.88. The summed E-state index contributed by atoms with van der Waals surface area (Å²) < 4.78 is 6.55. The van der Waals surface area contributed by atoms with Crippen LogP contribution in [-0.2, 0) is 4.74 Å². The lowest BCUT2D eigenvalue weighted by Crippen LogP contribution is -2.33. The minimum Gasteiger partial charge on any atom is -0.462 e. The van der Waals surface area contributed by atoms with Crippen molar-refractivity contribution in [3.63, 3.8) is 0 Å². The normalized spacial score (nSPS) is 13.3. The molecule has 0 bridgehead atoms. The van der Waals surface area contributed by atoms with E-state index >= 15 is 0 Å². The Labute approximate surface area is 176 Å². The zero-order chi connectivity index (χ0) is 20.5. The van der Waals surface area contributed by atoms with Crippen LogP contribution in [0.15, 0.2) is 30.5 Å². The number of anilines is 1. The zero-order valence-electron chi connectivity index (χ0n) is 15.8. The number of hydrogen-bond donors (Lipinski definition) is 0. The second kappa shape index (κ2) is 7.92. The lowest BCUT2D eigenvalue weighted by molar-refractivity contribution is 0.0531. The van der Waals surface area contributed by atoms with Gasteiger partial charge in [0.25, 0.3) is 5.91 Å². The van der Waals surface area contributed by atoms with Gasteiger partial charge in [0.2, 0.25) is 0 Å². The smallest absolute Gasteiger partial charge is 0.350 e. The molecule has 150 valence electrons. The van der Waals surface area contributed by atoms with Gasteiger partial charge in [-0.3, -0.25) is 9.69 Å². The van der Waals surface area contributed by atoms with Crippen LogP contribution in [0, 0.1) is 6.92 Å². The molecule has 0 spiro atoms. The first kappa shape index (κ1) is 19.5. The van der Waals surface area contributed by atoms with E-state index in [1.807, 2.05) is 12.1 Å². The van der Waals surface area contributed by atoms with E-state index in [2.05, 4.69) is 15.3 Å². The number of carbonyl (C=O) groups excluding carboxylic acids is 2. The van der Waals surface area contributed by atoms with E-state index < -0.39 is 5.97 Å². The molecule has 2 aromatic heterocycles. The molecular formula is C19H18ClN5O3S. The first-order valence-corrected chi connectivity index (χ1v) is 10.3. The highest BCUT2D eigenvalue weighted by Crippen LogP contribution is 2.36. The number of ether oxygens (including phenoxy) is 1. The molecule has 10 heteroatoms. The van der Waals surface area contributed by atoms with E-state index in [0.29, 0.717) is 26.4 Å². The fourth-order valence-electron chi connectivity index (χ4n) is 2.85. The molecule has 0 N–H and O–H groups in total. The van der Waals surface area contributed by atoms with E-state index in [0.717, 1.165) is 24.2 Å². The third-order valence-electron chi connectivity index (χ3n) is 4.39. The summed E-state index contributed by atoms with van der Waals surface area (Å²) in [4.78, 5) is 31.8. The first-order chi connectivity index (χ1) is 14.0. The number of esters is 1. The summed E-state index contributed by atoms with van der Waals surface area (Å²) in [5.74, 6) is -0.739. The summed E-state index contributed by atoms with van der Waals surface area (Å²) in [7, 11) is 0. The fraction of sp³-hybridized carbons (Fsp3) is 0.316. The lowest BCUT2D eigenvalue weighted by Gasteiger charge is -2.17. The number of carbonyl (C=O) groups is 2. The Morgan fingerprint density at radius 3 is 2.79 bits per heavy atom. The highest BCUT2D eigenvalue weighted by Gasteiger charge is 2.38. The van der Waals surface area contributed by atoms with Crippen molar-refractivity contribution in [2.24, 2.45) is 0 Å². The molecule has 1 amide bonds. The minimum atomic E-state index is -0.429. The molecule has 0 unspecified atom stereocenters. The van der Waals surface area contributed by atoms with Crippen molar-refractivity contribution in [2.75, 3.05) is 11.5 Å². The Hall–Kier alpha value is -2.78. The number of nitrogens with zero attached hydrogens (tertiary/aromatic N) is 5. The van der Waals surface area contributed by atoms with Crippen molar-refractivity contribution in [3.05, 3.63) is 51.7 Å². The molecule has 0 radical (unpaired) electrons. The number of halogens is 1. The first-order valence-electron chi connectivity index (χ1n) is 9.15. The van der Waals surface area contributed by atoms with Crippen molar-refractivity contribution in [1.82, 2.24) is 20.0 Å². The van der Waals surface area contributed by atoms with Gasteiger partial charge in [-0.1, -0.05) is 40.3 Å². The monoisotopic (exact) mass is 431 g/mol. The van der Waals surface area contributed by atoms with Crippen molar-refractivity contribution < 1.29 is 14.3 Å². The molecule has 0 atom stereocenters. The van der Waals surface area contributed by atoms with Gasteiger partial charge in [-0.15, -0.1) is 5.10 Å². The minimum absolute atomic E-state index is 0.0357. The van der Waals surface area contributed by atoms with Crippen LogP contribution in [0.25, 0.3) is 5.69 Å². The SMILES string of the molecule is CCOC(=O)c1sc(N(C(=O)c2cn(-c3ccccc3Cl)nn2)C2CC2)nc1C. The van der Waals surface area contributed by atoms with E-state index in [-0.39, 0.29) is 24.2 Å². The van der Waals surface area contributed by atoms with Crippen molar-refractivity contribution >= 4 is 39.9 Å². The fourth-order valence-corrected chi connectivity index (χ4v) is 4.11. The molecule has 2 heterocycles. The lowest BCUT2D eigenvalue weighted by atomic mass is 10.3. The van der Waals surface area contributed by atoms with Gasteiger partial charge < -0.3 is 4.74 Å². The van der Waals surface area contributed by atoms with Crippen molar-refractivity contribution in [2.45, 2.75) is 32.7 Å². The molecular weight excluding hydrogens is 414 g/mol. The summed E-state index contributed by atoms with van der Waals surface area (Å²) in [6.45, 7) is 3.76. The van der Waals surface area contributed by atoms with E-state index in [4.69, 9.17) is 16.3 Å². The summed E-state index contributed by atoms with van der Waals surface area (Å²) in [5, 5.41) is 9.04. The molecule has 1 fully saturated rings. The Morgan fingerprint density at radius 1 is 1.34 bits per heavy atom. The Balaban J connectivity index is 1.64. The topological polar surface area (TPSA) is 90.2 Å². The van der Waals surface area contributed by atoms with E-state index in [1.54, 1.807) is 37.1 Å². The molecule has 1 saturated carbocycles. The second-order valence-corrected chi connectivity index (χ2v) is 7.92. The van der Waals surface area contributed by atoms with Gasteiger partial charge in [-0.2, -0.15) is 0 Å². The highest BCUT2D eigenvalue weighted by atomic mass is 35.5. The maximum atomic E-state index is 13.2. The predicted molar refractivity (Wildman–Crippen MR) is 109 cm³/mol. The number of benzene rings is 1. The van der Waals surface area contributed by atoms with Gasteiger partial charge in [-0.05, 0) is 38.8 Å². The molecule has 1 aliphatic carbocycles. The molecule has 3 aromatic rings. The number of aryl methyl sites for hydroxylation is 1. The van der Waals surface area contributed by atoms with E-state index in [9.17, 15) is 9.59 Å². The highest BCUT2D eigenvalue weighted by molar-refractivity contribution is 7.17. The second-order valence-electron chi connectivity index (χ2n) is 6.54. The number of para-hydroxylation sites is 1. The molecule has 1 aromatic carbocycles. The number of rotatable bonds is 6. The standard InChI is InChI=1S/C19H18ClN5O3S/c1-3-28-18(27)16-11(2)21-19(29-16)25(12-8-9-12)17(26)14-10-24(23-22-14)15-7-5-4-6-13(15)20/h4-7,10,12H,3,8-9H2,1-2H3. The van der Waals surface area contributed by atoms with Crippen LogP contribution < -0.4 is 4.90 Å². The van der Waals surface area contributed by atoms with Crippen LogP contribution in [-0.4, -0.2) is 44.5 Å². The van der Waals surface area contributed by atoms with Crippen LogP contribution in [0.5, 0.6) is 0 Å². The average Bonchev–Trinajstić information content (AvgIpc) is 3.26. The number of thiazole rings is 1. The van der Waals surface area contributed by atoms with Crippen molar-refractivity contribution in [1.29, 1.82) is 0 Å². The van der Waals surface area contributed by atoms with Gasteiger partial charge in [0.05, 0.1) is 29.2 Å². The van der Waals surface area contributed by atoms with Gasteiger partial charge in [0.15, 0.2) is 10.8 Å². The van der Waals surface area contributed by atoms with Crippen LogP contribution in [0.3, 0.4) is 0 Å². The van der Waals surface area contributed by atoms with Crippen molar-refractivity contribution in [3.8, 4) is 5.69 Å². The van der Waals surface area contributed by atoms with Crippen LogP contribution in [0.1, 0.15) is 45.6 Å². The molecule has 8 nitrogen and oxygen atoms in total. The van der Waals surface area contributed by atoms with Crippen LogP contribution >= 0.6 is 22.9 Å². The van der Waals surface area contributed by atoms with Gasteiger partial charge in [0, 0.05) is 6.04 Å². The maximum Gasteiger partial charge on any atom is 0.350 e. The maximum absolute atomic E-state index is 13.2. The predicted octanol–water partition coefficient (Wildman–Crippen LogP) is 3.67. The summed E-state index contributed by atoms with van der Waals surface area (Å²) >= 11 is 7.36. The zero-order valence-corrected chi connectivity index (χ0v) is 17.4. The Kier molecular flexibility index (Phi) is 5.33. The van der Waals surface area contributed by atoms with Crippen LogP contribution in [0.2, 0.25) is 5.02 Å².